The van der Waals surface area contributed by atoms with Gasteiger partial charge >= 0.3 is 0 Å². The highest BCUT2D eigenvalue weighted by Crippen LogP contribution is 2.61. The molecule has 0 spiro atoms. The number of benzene rings is 1. The van der Waals surface area contributed by atoms with Crippen LogP contribution in [0.25, 0.3) is 0 Å². The van der Waals surface area contributed by atoms with Crippen LogP contribution in [0.3, 0.4) is 0 Å². The molecule has 1 saturated heterocycles. The van der Waals surface area contributed by atoms with E-state index in [2.05, 4.69) is 10.2 Å². The van der Waals surface area contributed by atoms with Crippen molar-refractivity contribution in [2.24, 2.45) is 5.92 Å². The third-order valence-corrected chi connectivity index (χ3v) is 4.03. The lowest BCUT2D eigenvalue weighted by molar-refractivity contribution is 0.0814. The van der Waals surface area contributed by atoms with E-state index in [4.69, 9.17) is 0 Å². The molecule has 1 aromatic rings. The molecule has 114 valence electrons. The van der Waals surface area contributed by atoms with E-state index in [1.165, 1.54) is 0 Å². The Morgan fingerprint density at radius 2 is 1.70 bits per heavy atom. The van der Waals surface area contributed by atoms with E-state index >= 15 is 0 Å². The van der Waals surface area contributed by atoms with Gasteiger partial charge in [-0.15, -0.1) is 24.8 Å². The summed E-state index contributed by atoms with van der Waals surface area (Å²) in [5.41, 5.74) is 0.780. The molecule has 2 unspecified atom stereocenters. The van der Waals surface area contributed by atoms with Gasteiger partial charge in [0.25, 0.3) is 5.92 Å². The molecule has 0 bridgehead atoms. The third-order valence-electron chi connectivity index (χ3n) is 4.03. The maximum Gasteiger partial charge on any atom is 0.260 e. The van der Waals surface area contributed by atoms with Crippen LogP contribution in [0.4, 0.5) is 8.78 Å². The highest BCUT2D eigenvalue weighted by Gasteiger charge is 2.68. The second-order valence-corrected chi connectivity index (χ2v) is 5.22. The molecular formula is C14H20Cl2F2N2. The fraction of sp³-hybridized carbons (Fsp3) is 0.571. The summed E-state index contributed by atoms with van der Waals surface area (Å²) >= 11 is 0. The van der Waals surface area contributed by atoms with Gasteiger partial charge in [-0.3, -0.25) is 0 Å². The lowest BCUT2D eigenvalue weighted by Gasteiger charge is -2.27. The topological polar surface area (TPSA) is 15.3 Å². The molecule has 2 atom stereocenters. The molecule has 0 radical (unpaired) electrons. The van der Waals surface area contributed by atoms with E-state index in [9.17, 15) is 8.78 Å². The molecule has 6 heteroatoms. The fourth-order valence-corrected chi connectivity index (χ4v) is 2.90. The molecule has 3 rings (SSSR count). The Balaban J connectivity index is 0.000001000. The van der Waals surface area contributed by atoms with Crippen LogP contribution in [-0.2, 0) is 0 Å². The fourth-order valence-electron chi connectivity index (χ4n) is 2.90. The zero-order valence-electron chi connectivity index (χ0n) is 11.1. The summed E-state index contributed by atoms with van der Waals surface area (Å²) in [4.78, 5) is 2.15. The minimum atomic E-state index is -2.52. The Morgan fingerprint density at radius 3 is 2.30 bits per heavy atom. The van der Waals surface area contributed by atoms with Crippen LogP contribution in [0.15, 0.2) is 30.3 Å². The Hall–Kier alpha value is -0.420. The van der Waals surface area contributed by atoms with Gasteiger partial charge in [-0.05, 0) is 5.56 Å². The smallest absolute Gasteiger partial charge is 0.260 e. The van der Waals surface area contributed by atoms with Crippen molar-refractivity contribution in [2.75, 3.05) is 32.7 Å². The Bertz CT molecular complexity index is 411. The summed E-state index contributed by atoms with van der Waals surface area (Å²) < 4.78 is 27.7. The van der Waals surface area contributed by atoms with Crippen molar-refractivity contribution in [3.63, 3.8) is 0 Å². The molecule has 0 amide bonds. The first-order valence-corrected chi connectivity index (χ1v) is 6.55. The molecular weight excluding hydrogens is 305 g/mol. The van der Waals surface area contributed by atoms with Gasteiger partial charge in [-0.2, -0.15) is 0 Å². The number of alkyl halides is 2. The number of hydrogen-bond acceptors (Lipinski definition) is 2. The number of rotatable bonds is 3. The van der Waals surface area contributed by atoms with Crippen molar-refractivity contribution in [1.29, 1.82) is 0 Å². The van der Waals surface area contributed by atoms with Crippen LogP contribution in [0.2, 0.25) is 0 Å². The van der Waals surface area contributed by atoms with E-state index in [1.807, 2.05) is 30.3 Å². The highest BCUT2D eigenvalue weighted by molar-refractivity contribution is 5.85. The van der Waals surface area contributed by atoms with E-state index in [0.717, 1.165) is 31.7 Å². The van der Waals surface area contributed by atoms with Gasteiger partial charge in [0.15, 0.2) is 0 Å². The standard InChI is InChI=1S/C14H18F2N2.2ClH/c15-14(16)12(10-18-8-6-17-7-9-18)13(14)11-4-2-1-3-5-11;;/h1-5,12-13,17H,6-10H2;2*1H. The highest BCUT2D eigenvalue weighted by atomic mass is 35.5. The first-order valence-electron chi connectivity index (χ1n) is 6.55. The molecule has 2 nitrogen and oxygen atoms in total. The number of halogens is 4. The van der Waals surface area contributed by atoms with Crippen LogP contribution in [-0.4, -0.2) is 43.5 Å². The average molecular weight is 325 g/mol. The predicted molar refractivity (Wildman–Crippen MR) is 81.4 cm³/mol. The molecule has 1 aliphatic carbocycles. The molecule has 0 aromatic heterocycles. The minimum absolute atomic E-state index is 0. The zero-order chi connectivity index (χ0) is 12.6. The second kappa shape index (κ2) is 7.03. The summed E-state index contributed by atoms with van der Waals surface area (Å²) in [6.45, 7) is 4.11. The zero-order valence-corrected chi connectivity index (χ0v) is 12.7. The van der Waals surface area contributed by atoms with Crippen molar-refractivity contribution in [3.8, 4) is 0 Å². The quantitative estimate of drug-likeness (QED) is 0.919. The molecule has 2 aliphatic rings. The third kappa shape index (κ3) is 3.42. The number of piperazine rings is 1. The van der Waals surface area contributed by atoms with E-state index in [1.54, 1.807) is 0 Å². The van der Waals surface area contributed by atoms with Gasteiger partial charge in [-0.25, -0.2) is 8.78 Å². The lowest BCUT2D eigenvalue weighted by Crippen LogP contribution is -2.44. The van der Waals surface area contributed by atoms with Gasteiger partial charge < -0.3 is 10.2 Å². The van der Waals surface area contributed by atoms with Crippen molar-refractivity contribution in [3.05, 3.63) is 35.9 Å². The number of nitrogens with one attached hydrogen (secondary N) is 1. The normalized spacial score (nSPS) is 28.1. The first kappa shape index (κ1) is 17.6. The number of nitrogens with zero attached hydrogens (tertiary/aromatic N) is 1. The first-order chi connectivity index (χ1) is 8.69. The van der Waals surface area contributed by atoms with Gasteiger partial charge in [0.2, 0.25) is 0 Å². The SMILES string of the molecule is Cl.Cl.FC1(F)C(CN2CCNCC2)C1c1ccccc1. The van der Waals surface area contributed by atoms with Gasteiger partial charge in [0.05, 0.1) is 5.92 Å². The van der Waals surface area contributed by atoms with E-state index in [-0.39, 0.29) is 24.8 Å². The maximum atomic E-state index is 13.9. The maximum absolute atomic E-state index is 13.9. The van der Waals surface area contributed by atoms with Crippen molar-refractivity contribution < 1.29 is 8.78 Å². The Kier molecular flexibility index (Phi) is 6.20. The monoisotopic (exact) mass is 324 g/mol. The van der Waals surface area contributed by atoms with Crippen molar-refractivity contribution >= 4 is 24.8 Å². The van der Waals surface area contributed by atoms with E-state index in [0.29, 0.717) is 6.54 Å². The molecule has 1 aromatic carbocycles. The van der Waals surface area contributed by atoms with E-state index < -0.39 is 17.8 Å². The average Bonchev–Trinajstić information content (AvgIpc) is 2.93. The van der Waals surface area contributed by atoms with Gasteiger partial charge in [0, 0.05) is 38.6 Å². The molecule has 1 saturated carbocycles. The van der Waals surface area contributed by atoms with Gasteiger partial charge in [0.1, 0.15) is 0 Å². The summed E-state index contributed by atoms with van der Waals surface area (Å²) in [5, 5.41) is 3.24. The molecule has 1 N–H and O–H groups in total. The van der Waals surface area contributed by atoms with Crippen LogP contribution >= 0.6 is 24.8 Å². The summed E-state index contributed by atoms with van der Waals surface area (Å²) in [5.74, 6) is -3.60. The van der Waals surface area contributed by atoms with Crippen LogP contribution in [0.1, 0.15) is 11.5 Å². The van der Waals surface area contributed by atoms with Crippen LogP contribution in [0.5, 0.6) is 0 Å². The Labute approximate surface area is 130 Å². The molecule has 1 aliphatic heterocycles. The number of hydrogen-bond donors (Lipinski definition) is 1. The van der Waals surface area contributed by atoms with Gasteiger partial charge in [-0.1, -0.05) is 30.3 Å². The van der Waals surface area contributed by atoms with Crippen molar-refractivity contribution in [2.45, 2.75) is 11.8 Å². The summed E-state index contributed by atoms with van der Waals surface area (Å²) in [7, 11) is 0. The van der Waals surface area contributed by atoms with Crippen LogP contribution < -0.4 is 5.32 Å². The Morgan fingerprint density at radius 1 is 1.10 bits per heavy atom. The molecule has 20 heavy (non-hydrogen) atoms. The van der Waals surface area contributed by atoms with Crippen molar-refractivity contribution in [1.82, 2.24) is 10.2 Å². The summed E-state index contributed by atoms with van der Waals surface area (Å²) in [6, 6.07) is 9.18. The predicted octanol–water partition coefficient (Wildman–Crippen LogP) is 2.78. The largest absolute Gasteiger partial charge is 0.314 e. The molecule has 2 fully saturated rings. The lowest BCUT2D eigenvalue weighted by atomic mass is 10.1. The second-order valence-electron chi connectivity index (χ2n) is 5.22. The summed E-state index contributed by atoms with van der Waals surface area (Å²) in [6.07, 6.45) is 0. The molecule has 1 heterocycles. The van der Waals surface area contributed by atoms with Crippen LogP contribution in [0, 0.1) is 5.92 Å². The minimum Gasteiger partial charge on any atom is -0.314 e.